The summed E-state index contributed by atoms with van der Waals surface area (Å²) < 4.78 is 0. The molecule has 1 aromatic heterocycles. The number of ketones is 1. The molecule has 0 bridgehead atoms. The molecular weight excluding hydrogens is 198 g/mol. The van der Waals surface area contributed by atoms with Crippen molar-refractivity contribution in [3.63, 3.8) is 0 Å². The van der Waals surface area contributed by atoms with Gasteiger partial charge in [0.05, 0.1) is 0 Å². The number of carbonyl (C=O) groups is 1. The van der Waals surface area contributed by atoms with Crippen LogP contribution in [-0.2, 0) is 0 Å². The Hall–Kier alpha value is -1.70. The Balaban J connectivity index is 2.12. The van der Waals surface area contributed by atoms with Crippen molar-refractivity contribution in [3.05, 3.63) is 42.2 Å². The molecule has 0 amide bonds. The third-order valence-electron chi connectivity index (χ3n) is 3.41. The summed E-state index contributed by atoms with van der Waals surface area (Å²) in [6.45, 7) is 0. The second-order valence-corrected chi connectivity index (χ2v) is 4.40. The van der Waals surface area contributed by atoms with Gasteiger partial charge < -0.3 is 0 Å². The number of aromatic nitrogens is 1. The van der Waals surface area contributed by atoms with Crippen molar-refractivity contribution in [2.24, 2.45) is 5.92 Å². The van der Waals surface area contributed by atoms with Gasteiger partial charge >= 0.3 is 0 Å². The highest BCUT2D eigenvalue weighted by Crippen LogP contribution is 2.31. The molecule has 80 valence electrons. The SMILES string of the molecule is O=C(c1cncc2ccccc12)C1CCC1. The average molecular weight is 211 g/mol. The van der Waals surface area contributed by atoms with Gasteiger partial charge in [0.25, 0.3) is 0 Å². The van der Waals surface area contributed by atoms with E-state index >= 15 is 0 Å². The highest BCUT2D eigenvalue weighted by Gasteiger charge is 2.27. The molecule has 1 aliphatic rings. The highest BCUT2D eigenvalue weighted by atomic mass is 16.1. The van der Waals surface area contributed by atoms with Crippen molar-refractivity contribution < 1.29 is 4.79 Å². The Kier molecular flexibility index (Phi) is 2.21. The predicted molar refractivity (Wildman–Crippen MR) is 63.4 cm³/mol. The number of rotatable bonds is 2. The Labute approximate surface area is 94.3 Å². The van der Waals surface area contributed by atoms with Crippen LogP contribution < -0.4 is 0 Å². The zero-order valence-corrected chi connectivity index (χ0v) is 9.02. The molecule has 1 fully saturated rings. The van der Waals surface area contributed by atoms with Crippen molar-refractivity contribution >= 4 is 16.6 Å². The van der Waals surface area contributed by atoms with Gasteiger partial charge in [0.2, 0.25) is 0 Å². The Morgan fingerprint density at radius 3 is 2.75 bits per heavy atom. The van der Waals surface area contributed by atoms with Crippen LogP contribution in [0.1, 0.15) is 29.6 Å². The third-order valence-corrected chi connectivity index (χ3v) is 3.41. The Morgan fingerprint density at radius 2 is 2.00 bits per heavy atom. The first-order valence-electron chi connectivity index (χ1n) is 5.73. The molecule has 2 aromatic rings. The second-order valence-electron chi connectivity index (χ2n) is 4.40. The smallest absolute Gasteiger partial charge is 0.168 e. The summed E-state index contributed by atoms with van der Waals surface area (Å²) in [6.07, 6.45) is 6.80. The number of Topliss-reactive ketones (excluding diaryl/α,β-unsaturated/α-hetero) is 1. The van der Waals surface area contributed by atoms with E-state index < -0.39 is 0 Å². The van der Waals surface area contributed by atoms with E-state index in [9.17, 15) is 4.79 Å². The monoisotopic (exact) mass is 211 g/mol. The van der Waals surface area contributed by atoms with Crippen molar-refractivity contribution in [1.82, 2.24) is 4.98 Å². The van der Waals surface area contributed by atoms with Gasteiger partial charge in [0, 0.05) is 29.3 Å². The molecule has 1 heterocycles. The summed E-state index contributed by atoms with van der Waals surface area (Å²) in [5, 5.41) is 2.09. The summed E-state index contributed by atoms with van der Waals surface area (Å²) in [5.74, 6) is 0.517. The number of pyridine rings is 1. The minimum atomic E-state index is 0.243. The van der Waals surface area contributed by atoms with Gasteiger partial charge in [-0.25, -0.2) is 0 Å². The lowest BCUT2D eigenvalue weighted by atomic mass is 9.79. The van der Waals surface area contributed by atoms with Crippen molar-refractivity contribution in [2.45, 2.75) is 19.3 Å². The van der Waals surface area contributed by atoms with E-state index in [4.69, 9.17) is 0 Å². The van der Waals surface area contributed by atoms with Crippen LogP contribution in [0, 0.1) is 5.92 Å². The lowest BCUT2D eigenvalue weighted by molar-refractivity contribution is 0.0856. The summed E-state index contributed by atoms with van der Waals surface area (Å²) >= 11 is 0. The van der Waals surface area contributed by atoms with Crippen LogP contribution >= 0.6 is 0 Å². The molecule has 0 radical (unpaired) electrons. The molecule has 0 N–H and O–H groups in total. The Morgan fingerprint density at radius 1 is 1.19 bits per heavy atom. The molecule has 0 saturated heterocycles. The molecule has 3 rings (SSSR count). The fraction of sp³-hybridized carbons (Fsp3) is 0.286. The second kappa shape index (κ2) is 3.71. The molecule has 16 heavy (non-hydrogen) atoms. The zero-order valence-electron chi connectivity index (χ0n) is 9.02. The van der Waals surface area contributed by atoms with E-state index in [1.807, 2.05) is 30.5 Å². The van der Waals surface area contributed by atoms with Crippen molar-refractivity contribution in [2.75, 3.05) is 0 Å². The van der Waals surface area contributed by atoms with Crippen LogP contribution in [0.15, 0.2) is 36.7 Å². The number of hydrogen-bond donors (Lipinski definition) is 0. The lowest BCUT2D eigenvalue weighted by Crippen LogP contribution is -2.22. The summed E-state index contributed by atoms with van der Waals surface area (Å²) in [5.41, 5.74) is 0.794. The molecule has 1 aromatic carbocycles. The van der Waals surface area contributed by atoms with Crippen LogP contribution in [0.5, 0.6) is 0 Å². The van der Waals surface area contributed by atoms with Gasteiger partial charge in [0.15, 0.2) is 5.78 Å². The molecule has 1 aliphatic carbocycles. The molecule has 0 unspecified atom stereocenters. The predicted octanol–water partition coefficient (Wildman–Crippen LogP) is 3.22. The molecule has 0 atom stereocenters. The van der Waals surface area contributed by atoms with Crippen molar-refractivity contribution in [3.8, 4) is 0 Å². The van der Waals surface area contributed by atoms with Crippen LogP contribution in [0.25, 0.3) is 10.8 Å². The van der Waals surface area contributed by atoms with Gasteiger partial charge in [-0.15, -0.1) is 0 Å². The van der Waals surface area contributed by atoms with Gasteiger partial charge in [-0.1, -0.05) is 30.7 Å². The highest BCUT2D eigenvalue weighted by molar-refractivity contribution is 6.08. The van der Waals surface area contributed by atoms with Gasteiger partial charge in [-0.05, 0) is 18.2 Å². The first-order chi connectivity index (χ1) is 7.86. The molecule has 0 spiro atoms. The maximum absolute atomic E-state index is 12.2. The normalized spacial score (nSPS) is 16.0. The van der Waals surface area contributed by atoms with Gasteiger partial charge in [-0.2, -0.15) is 0 Å². The van der Waals surface area contributed by atoms with Crippen molar-refractivity contribution in [1.29, 1.82) is 0 Å². The molecule has 1 saturated carbocycles. The quantitative estimate of drug-likeness (QED) is 0.714. The third kappa shape index (κ3) is 1.42. The van der Waals surface area contributed by atoms with E-state index in [1.165, 1.54) is 6.42 Å². The number of hydrogen-bond acceptors (Lipinski definition) is 2. The molecule has 2 nitrogen and oxygen atoms in total. The number of benzene rings is 1. The number of nitrogens with zero attached hydrogens (tertiary/aromatic N) is 1. The Bertz CT molecular complexity index is 538. The van der Waals surface area contributed by atoms with E-state index in [2.05, 4.69) is 4.98 Å². The van der Waals surface area contributed by atoms with Gasteiger partial charge in [0.1, 0.15) is 0 Å². The maximum atomic E-state index is 12.2. The number of carbonyl (C=O) groups excluding carboxylic acids is 1. The van der Waals surface area contributed by atoms with Crippen LogP contribution in [0.4, 0.5) is 0 Å². The zero-order chi connectivity index (χ0) is 11.0. The fourth-order valence-electron chi connectivity index (χ4n) is 2.20. The van der Waals surface area contributed by atoms with E-state index in [1.54, 1.807) is 6.20 Å². The molecular formula is C14H13NO. The lowest BCUT2D eigenvalue weighted by Gasteiger charge is -2.24. The average Bonchev–Trinajstić information content (AvgIpc) is 2.26. The van der Waals surface area contributed by atoms with E-state index in [0.717, 1.165) is 29.2 Å². The van der Waals surface area contributed by atoms with Crippen LogP contribution in [0.3, 0.4) is 0 Å². The maximum Gasteiger partial charge on any atom is 0.168 e. The minimum Gasteiger partial charge on any atom is -0.294 e. The standard InChI is InChI=1S/C14H13NO/c16-14(10-5-3-6-10)13-9-15-8-11-4-1-2-7-12(11)13/h1-2,4,7-10H,3,5-6H2. The first kappa shape index (κ1) is 9.52. The summed E-state index contributed by atoms with van der Waals surface area (Å²) in [6, 6.07) is 7.95. The van der Waals surface area contributed by atoms with E-state index in [0.29, 0.717) is 0 Å². The van der Waals surface area contributed by atoms with Crippen LogP contribution in [-0.4, -0.2) is 10.8 Å². The summed E-state index contributed by atoms with van der Waals surface area (Å²) in [4.78, 5) is 16.4. The molecule has 2 heteroatoms. The molecule has 0 aliphatic heterocycles. The van der Waals surface area contributed by atoms with Crippen LogP contribution in [0.2, 0.25) is 0 Å². The number of fused-ring (bicyclic) bond motifs is 1. The first-order valence-corrected chi connectivity index (χ1v) is 5.73. The minimum absolute atomic E-state index is 0.243. The van der Waals surface area contributed by atoms with Gasteiger partial charge in [-0.3, -0.25) is 9.78 Å². The fourth-order valence-corrected chi connectivity index (χ4v) is 2.20. The summed E-state index contributed by atoms with van der Waals surface area (Å²) in [7, 11) is 0. The largest absolute Gasteiger partial charge is 0.294 e. The van der Waals surface area contributed by atoms with E-state index in [-0.39, 0.29) is 11.7 Å². The topological polar surface area (TPSA) is 30.0 Å².